The van der Waals surface area contributed by atoms with Crippen molar-refractivity contribution in [1.82, 2.24) is 35.6 Å². The molecule has 2 aromatic heterocycles. The molecule has 4 rings (SSSR count). The summed E-state index contributed by atoms with van der Waals surface area (Å²) in [6, 6.07) is 17.9. The highest BCUT2D eigenvalue weighted by atomic mass is 16.2. The van der Waals surface area contributed by atoms with Gasteiger partial charge in [-0.05, 0) is 84.9 Å². The third-order valence-electron chi connectivity index (χ3n) is 4.69. The summed E-state index contributed by atoms with van der Waals surface area (Å²) in [7, 11) is 0. The van der Waals surface area contributed by atoms with Crippen LogP contribution in [-0.4, -0.2) is 36.6 Å². The summed E-state index contributed by atoms with van der Waals surface area (Å²) in [6.07, 6.45) is 1.46. The highest BCUT2D eigenvalue weighted by Crippen LogP contribution is 2.17. The Morgan fingerprint density at radius 2 is 1.23 bits per heavy atom. The summed E-state index contributed by atoms with van der Waals surface area (Å²) in [5.41, 5.74) is 9.60. The first-order chi connectivity index (χ1) is 14.5. The van der Waals surface area contributed by atoms with E-state index in [0.29, 0.717) is 16.8 Å². The number of hydrogen-bond acceptors (Lipinski definition) is 5. The maximum atomic E-state index is 12.4. The van der Waals surface area contributed by atoms with Gasteiger partial charge in [-0.2, -0.15) is 0 Å². The number of aryl methyl sites for hydroxylation is 2. The fourth-order valence-electron chi connectivity index (χ4n) is 3.14. The smallest absolute Gasteiger partial charge is 0.269 e. The van der Waals surface area contributed by atoms with Crippen molar-refractivity contribution in [3.63, 3.8) is 0 Å². The Balaban J connectivity index is 1.38. The maximum Gasteiger partial charge on any atom is 0.269 e. The van der Waals surface area contributed by atoms with Crippen LogP contribution in [0.2, 0.25) is 0 Å². The van der Waals surface area contributed by atoms with Gasteiger partial charge >= 0.3 is 0 Å². The normalized spacial score (nSPS) is 10.6. The largest absolute Gasteiger partial charge is 0.319 e. The second-order valence-corrected chi connectivity index (χ2v) is 6.71. The monoisotopic (exact) mass is 401 g/mol. The Hall–Kier alpha value is -4.27. The molecule has 2 amide bonds. The zero-order chi connectivity index (χ0) is 21.1. The van der Waals surface area contributed by atoms with Crippen LogP contribution >= 0.6 is 0 Å². The van der Waals surface area contributed by atoms with Gasteiger partial charge in [-0.3, -0.25) is 20.4 Å². The van der Waals surface area contributed by atoms with Gasteiger partial charge in [-0.15, -0.1) is 5.10 Å². The summed E-state index contributed by atoms with van der Waals surface area (Å²) in [5.74, 6) is -0.831. The van der Waals surface area contributed by atoms with E-state index in [1.807, 2.05) is 38.1 Å². The zero-order valence-electron chi connectivity index (χ0n) is 16.4. The topological polar surface area (TPSA) is 107 Å². The van der Waals surface area contributed by atoms with Gasteiger partial charge in [0.15, 0.2) is 0 Å². The lowest BCUT2D eigenvalue weighted by Gasteiger charge is -2.11. The van der Waals surface area contributed by atoms with Crippen LogP contribution in [0, 0.1) is 13.8 Å². The molecule has 0 aliphatic carbocycles. The lowest BCUT2D eigenvalue weighted by atomic mass is 10.2. The standard InChI is InChI=1S/C21H19N7O2/c1-14-3-4-15(2)28(14)19-11-7-17(8-12-19)21(30)24-23-20(29)16-5-9-18(10-6-16)27-13-22-25-26-27/h3-13H,1-2H3,(H,23,29)(H,24,30). The molecule has 0 atom stereocenters. The molecule has 0 fully saturated rings. The molecule has 0 radical (unpaired) electrons. The molecule has 30 heavy (non-hydrogen) atoms. The summed E-state index contributed by atoms with van der Waals surface area (Å²) in [4.78, 5) is 24.6. The van der Waals surface area contributed by atoms with Gasteiger partial charge in [0.1, 0.15) is 6.33 Å². The molecule has 9 heteroatoms. The number of rotatable bonds is 4. The predicted molar refractivity (Wildman–Crippen MR) is 109 cm³/mol. The van der Waals surface area contributed by atoms with Crippen molar-refractivity contribution in [2.75, 3.05) is 0 Å². The average Bonchev–Trinajstić information content (AvgIpc) is 3.42. The van der Waals surface area contributed by atoms with Crippen LogP contribution in [0.4, 0.5) is 0 Å². The molecule has 150 valence electrons. The summed E-state index contributed by atoms with van der Waals surface area (Å²) in [5, 5.41) is 10.9. The Morgan fingerprint density at radius 1 is 0.733 bits per heavy atom. The van der Waals surface area contributed by atoms with Crippen molar-refractivity contribution in [2.45, 2.75) is 13.8 Å². The van der Waals surface area contributed by atoms with Crippen molar-refractivity contribution >= 4 is 11.8 Å². The molecule has 4 aromatic rings. The minimum atomic E-state index is -0.429. The second kappa shape index (κ2) is 8.00. The van der Waals surface area contributed by atoms with Gasteiger partial charge in [-0.25, -0.2) is 4.68 Å². The highest BCUT2D eigenvalue weighted by molar-refractivity contribution is 5.99. The van der Waals surface area contributed by atoms with Crippen LogP contribution in [0.1, 0.15) is 32.1 Å². The van der Waals surface area contributed by atoms with Gasteiger partial charge in [0.2, 0.25) is 0 Å². The van der Waals surface area contributed by atoms with Crippen LogP contribution in [0.15, 0.2) is 67.0 Å². The predicted octanol–water partition coefficient (Wildman–Crippen LogP) is 2.14. The van der Waals surface area contributed by atoms with Crippen molar-refractivity contribution in [3.05, 3.63) is 89.5 Å². The number of nitrogens with one attached hydrogen (secondary N) is 2. The summed E-state index contributed by atoms with van der Waals surface area (Å²) >= 11 is 0. The lowest BCUT2D eigenvalue weighted by Crippen LogP contribution is -2.41. The Kier molecular flexibility index (Phi) is 5.08. The van der Waals surface area contributed by atoms with Crippen LogP contribution < -0.4 is 10.9 Å². The van der Waals surface area contributed by atoms with Crippen LogP contribution in [-0.2, 0) is 0 Å². The quantitative estimate of drug-likeness (QED) is 0.510. The first kappa shape index (κ1) is 19.1. The molecule has 0 saturated carbocycles. The summed E-state index contributed by atoms with van der Waals surface area (Å²) in [6.45, 7) is 4.05. The Morgan fingerprint density at radius 3 is 1.70 bits per heavy atom. The van der Waals surface area contributed by atoms with E-state index in [1.165, 1.54) is 11.0 Å². The molecule has 0 saturated heterocycles. The highest BCUT2D eigenvalue weighted by Gasteiger charge is 2.11. The van der Waals surface area contributed by atoms with Gasteiger partial charge in [-0.1, -0.05) is 0 Å². The SMILES string of the molecule is Cc1ccc(C)n1-c1ccc(C(=O)NNC(=O)c2ccc(-n3cnnn3)cc2)cc1. The van der Waals surface area contributed by atoms with Crippen molar-refractivity contribution in [1.29, 1.82) is 0 Å². The number of nitrogens with zero attached hydrogens (tertiary/aromatic N) is 5. The average molecular weight is 401 g/mol. The first-order valence-electron chi connectivity index (χ1n) is 9.22. The van der Waals surface area contributed by atoms with E-state index < -0.39 is 11.8 Å². The van der Waals surface area contributed by atoms with E-state index in [1.54, 1.807) is 36.4 Å². The second-order valence-electron chi connectivity index (χ2n) is 6.71. The van der Waals surface area contributed by atoms with Gasteiger partial charge in [0.25, 0.3) is 11.8 Å². The summed E-state index contributed by atoms with van der Waals surface area (Å²) < 4.78 is 3.58. The third-order valence-corrected chi connectivity index (χ3v) is 4.69. The van der Waals surface area contributed by atoms with E-state index in [0.717, 1.165) is 17.1 Å². The number of carbonyl (C=O) groups excluding carboxylic acids is 2. The number of benzene rings is 2. The number of aromatic nitrogens is 5. The van der Waals surface area contributed by atoms with E-state index >= 15 is 0 Å². The Bertz CT molecular complexity index is 1160. The van der Waals surface area contributed by atoms with E-state index in [-0.39, 0.29) is 0 Å². The molecular formula is C21H19N7O2. The molecule has 0 unspecified atom stereocenters. The first-order valence-corrected chi connectivity index (χ1v) is 9.22. The Labute approximate surface area is 172 Å². The number of tetrazole rings is 1. The molecule has 2 heterocycles. The third kappa shape index (κ3) is 3.81. The van der Waals surface area contributed by atoms with Gasteiger partial charge < -0.3 is 4.57 Å². The van der Waals surface area contributed by atoms with Crippen LogP contribution in [0.25, 0.3) is 11.4 Å². The maximum absolute atomic E-state index is 12.4. The van der Waals surface area contributed by atoms with Crippen molar-refractivity contribution in [2.24, 2.45) is 0 Å². The molecule has 0 spiro atoms. The fraction of sp³-hybridized carbons (Fsp3) is 0.0952. The molecular weight excluding hydrogens is 382 g/mol. The molecule has 9 nitrogen and oxygen atoms in total. The number of hydrazine groups is 1. The molecule has 2 N–H and O–H groups in total. The minimum absolute atomic E-state index is 0.390. The van der Waals surface area contributed by atoms with E-state index in [9.17, 15) is 9.59 Å². The van der Waals surface area contributed by atoms with Crippen molar-refractivity contribution < 1.29 is 9.59 Å². The van der Waals surface area contributed by atoms with Crippen LogP contribution in [0.5, 0.6) is 0 Å². The number of carbonyl (C=O) groups is 2. The van der Waals surface area contributed by atoms with Gasteiger partial charge in [0.05, 0.1) is 5.69 Å². The molecule has 2 aromatic carbocycles. The van der Waals surface area contributed by atoms with Crippen molar-refractivity contribution in [3.8, 4) is 11.4 Å². The lowest BCUT2D eigenvalue weighted by molar-refractivity contribution is 0.0846. The van der Waals surface area contributed by atoms with E-state index in [2.05, 4.69) is 30.9 Å². The molecule has 0 aliphatic rings. The fourth-order valence-corrected chi connectivity index (χ4v) is 3.14. The zero-order valence-corrected chi connectivity index (χ0v) is 16.4. The van der Waals surface area contributed by atoms with E-state index in [4.69, 9.17) is 0 Å². The molecule has 0 bridgehead atoms. The number of hydrogen-bond donors (Lipinski definition) is 2. The van der Waals surface area contributed by atoms with Crippen LogP contribution in [0.3, 0.4) is 0 Å². The number of amides is 2. The molecule has 0 aliphatic heterocycles. The minimum Gasteiger partial charge on any atom is -0.319 e. The van der Waals surface area contributed by atoms with Gasteiger partial charge in [0, 0.05) is 28.2 Å².